The molecule has 0 atom stereocenters. The number of nitrogen functional groups attached to an aromatic ring is 2. The molecule has 0 aromatic carbocycles. The van der Waals surface area contributed by atoms with E-state index < -0.39 is 0 Å². The molecular weight excluding hydrogens is 290 g/mol. The van der Waals surface area contributed by atoms with E-state index in [2.05, 4.69) is 30.0 Å². The van der Waals surface area contributed by atoms with Gasteiger partial charge in [-0.1, -0.05) is 11.8 Å². The molecule has 10 heteroatoms. The lowest BCUT2D eigenvalue weighted by Crippen LogP contribution is -2.06. The van der Waals surface area contributed by atoms with Gasteiger partial charge in [0.2, 0.25) is 17.1 Å². The van der Waals surface area contributed by atoms with Crippen LogP contribution in [0.2, 0.25) is 0 Å². The van der Waals surface area contributed by atoms with Crippen molar-refractivity contribution in [1.82, 2.24) is 34.5 Å². The maximum absolute atomic E-state index is 5.53. The van der Waals surface area contributed by atoms with E-state index in [1.54, 1.807) is 4.52 Å². The third-order valence-electron chi connectivity index (χ3n) is 2.65. The Kier molecular flexibility index (Phi) is 3.29. The zero-order valence-corrected chi connectivity index (χ0v) is 12.3. The number of fused-ring (bicyclic) bond motifs is 1. The van der Waals surface area contributed by atoms with Crippen molar-refractivity contribution >= 4 is 29.4 Å². The molecule has 0 aliphatic rings. The quantitative estimate of drug-likeness (QED) is 0.658. The Morgan fingerprint density at radius 1 is 1.05 bits per heavy atom. The van der Waals surface area contributed by atoms with E-state index in [9.17, 15) is 0 Å². The Morgan fingerprint density at radius 2 is 1.76 bits per heavy atom. The van der Waals surface area contributed by atoms with E-state index in [-0.39, 0.29) is 11.9 Å². The molecule has 0 amide bonds. The van der Waals surface area contributed by atoms with E-state index in [1.165, 1.54) is 11.8 Å². The molecule has 108 valence electrons. The van der Waals surface area contributed by atoms with Gasteiger partial charge in [-0.15, -0.1) is 5.10 Å². The first kappa shape index (κ1) is 13.5. The molecule has 0 bridgehead atoms. The molecule has 0 fully saturated rings. The average molecular weight is 303 g/mol. The second kappa shape index (κ2) is 5.13. The van der Waals surface area contributed by atoms with E-state index in [1.807, 2.05) is 19.9 Å². The first-order valence-corrected chi connectivity index (χ1v) is 7.09. The maximum Gasteiger partial charge on any atom is 0.253 e. The Bertz CT molecular complexity index is 793. The summed E-state index contributed by atoms with van der Waals surface area (Å²) in [5.41, 5.74) is 12.9. The van der Waals surface area contributed by atoms with E-state index in [0.717, 1.165) is 11.4 Å². The highest BCUT2D eigenvalue weighted by molar-refractivity contribution is 7.98. The lowest BCUT2D eigenvalue weighted by molar-refractivity contribution is 0.842. The minimum absolute atomic E-state index is 0.106. The first-order chi connectivity index (χ1) is 10.0. The third kappa shape index (κ3) is 2.84. The van der Waals surface area contributed by atoms with Crippen LogP contribution >= 0.6 is 11.8 Å². The van der Waals surface area contributed by atoms with Gasteiger partial charge in [-0.25, -0.2) is 9.50 Å². The smallest absolute Gasteiger partial charge is 0.253 e. The van der Waals surface area contributed by atoms with Gasteiger partial charge in [0.05, 0.1) is 5.75 Å². The average Bonchev–Trinajstić information content (AvgIpc) is 2.78. The van der Waals surface area contributed by atoms with Crippen LogP contribution in [0.5, 0.6) is 0 Å². The molecule has 4 N–H and O–H groups in total. The first-order valence-electron chi connectivity index (χ1n) is 6.11. The monoisotopic (exact) mass is 303 g/mol. The largest absolute Gasteiger partial charge is 0.368 e. The van der Waals surface area contributed by atoms with Gasteiger partial charge in [-0.3, -0.25) is 0 Å². The number of thioether (sulfide) groups is 1. The molecular formula is C11H13N9S. The fourth-order valence-electron chi connectivity index (χ4n) is 1.86. The fraction of sp³-hybridized carbons (Fsp3) is 0.273. The van der Waals surface area contributed by atoms with Crippen LogP contribution in [-0.4, -0.2) is 34.5 Å². The summed E-state index contributed by atoms with van der Waals surface area (Å²) in [6, 6.07) is 1.95. The molecule has 0 saturated carbocycles. The molecule has 3 heterocycles. The summed E-state index contributed by atoms with van der Waals surface area (Å²) in [7, 11) is 0. The van der Waals surface area contributed by atoms with Crippen molar-refractivity contribution in [2.24, 2.45) is 0 Å². The van der Waals surface area contributed by atoms with Gasteiger partial charge in [0.15, 0.2) is 0 Å². The highest BCUT2D eigenvalue weighted by atomic mass is 32.2. The molecule has 0 aliphatic heterocycles. The third-order valence-corrected chi connectivity index (χ3v) is 3.48. The van der Waals surface area contributed by atoms with E-state index in [0.29, 0.717) is 22.5 Å². The van der Waals surface area contributed by atoms with Gasteiger partial charge >= 0.3 is 0 Å². The molecule has 9 nitrogen and oxygen atoms in total. The van der Waals surface area contributed by atoms with Crippen LogP contribution in [0.4, 0.5) is 11.9 Å². The van der Waals surface area contributed by atoms with Gasteiger partial charge in [-0.05, 0) is 19.9 Å². The summed E-state index contributed by atoms with van der Waals surface area (Å²) in [5, 5.41) is 4.98. The molecule has 3 aromatic heterocycles. The van der Waals surface area contributed by atoms with Crippen LogP contribution in [0, 0.1) is 13.8 Å². The van der Waals surface area contributed by atoms with Gasteiger partial charge in [-0.2, -0.15) is 19.9 Å². The summed E-state index contributed by atoms with van der Waals surface area (Å²) in [6.45, 7) is 3.88. The normalized spacial score (nSPS) is 11.1. The number of hydrogen-bond donors (Lipinski definition) is 2. The van der Waals surface area contributed by atoms with Gasteiger partial charge in [0.25, 0.3) is 5.78 Å². The molecule has 0 aliphatic carbocycles. The van der Waals surface area contributed by atoms with Crippen molar-refractivity contribution in [3.8, 4) is 0 Å². The van der Waals surface area contributed by atoms with Crippen LogP contribution in [0.25, 0.3) is 5.78 Å². The summed E-state index contributed by atoms with van der Waals surface area (Å²) < 4.78 is 1.70. The number of hydrogen-bond acceptors (Lipinski definition) is 9. The minimum Gasteiger partial charge on any atom is -0.368 e. The number of anilines is 2. The van der Waals surface area contributed by atoms with Crippen molar-refractivity contribution in [3.05, 3.63) is 23.3 Å². The highest BCUT2D eigenvalue weighted by Gasteiger charge is 2.10. The zero-order chi connectivity index (χ0) is 15.0. The Labute approximate surface area is 124 Å². The second-order valence-electron chi connectivity index (χ2n) is 4.40. The Balaban J connectivity index is 1.83. The Morgan fingerprint density at radius 3 is 2.48 bits per heavy atom. The van der Waals surface area contributed by atoms with Gasteiger partial charge in [0.1, 0.15) is 5.82 Å². The lowest BCUT2D eigenvalue weighted by Gasteiger charge is -1.99. The SMILES string of the molecule is Cc1cc(C)n2nc(SCc3nc(N)nc(N)n3)nc2n1. The van der Waals surface area contributed by atoms with Crippen LogP contribution in [0.1, 0.15) is 17.2 Å². The van der Waals surface area contributed by atoms with Gasteiger partial charge < -0.3 is 11.5 Å². The topological polar surface area (TPSA) is 134 Å². The molecule has 0 saturated heterocycles. The van der Waals surface area contributed by atoms with Crippen molar-refractivity contribution in [2.45, 2.75) is 24.8 Å². The van der Waals surface area contributed by atoms with Crippen LogP contribution < -0.4 is 11.5 Å². The maximum atomic E-state index is 5.53. The summed E-state index contributed by atoms with van der Waals surface area (Å²) >= 11 is 1.38. The van der Waals surface area contributed by atoms with Crippen molar-refractivity contribution in [2.75, 3.05) is 11.5 Å². The molecule has 3 rings (SSSR count). The second-order valence-corrected chi connectivity index (χ2v) is 5.34. The van der Waals surface area contributed by atoms with Crippen LogP contribution in [-0.2, 0) is 5.75 Å². The molecule has 0 radical (unpaired) electrons. The summed E-state index contributed by atoms with van der Waals surface area (Å²) in [6.07, 6.45) is 0. The standard InChI is InChI=1S/C11H13N9S/c1-5-3-6(2)20-10(14-5)18-11(19-20)21-4-7-15-8(12)17-9(13)16-7/h3H,4H2,1-2H3,(H4,12,13,15,16,17). The predicted octanol–water partition coefficient (Wildman–Crippen LogP) is 0.383. The van der Waals surface area contributed by atoms with Crippen molar-refractivity contribution in [1.29, 1.82) is 0 Å². The van der Waals surface area contributed by atoms with Crippen LogP contribution in [0.15, 0.2) is 11.2 Å². The molecule has 0 unspecified atom stereocenters. The lowest BCUT2D eigenvalue weighted by atomic mass is 10.4. The fourth-order valence-corrected chi connectivity index (χ4v) is 2.53. The van der Waals surface area contributed by atoms with Gasteiger partial charge in [0, 0.05) is 11.4 Å². The minimum atomic E-state index is 0.106. The van der Waals surface area contributed by atoms with Crippen molar-refractivity contribution < 1.29 is 0 Å². The number of nitrogens with zero attached hydrogens (tertiary/aromatic N) is 7. The number of aromatic nitrogens is 7. The molecule has 3 aromatic rings. The number of nitrogens with two attached hydrogens (primary N) is 2. The molecule has 21 heavy (non-hydrogen) atoms. The summed E-state index contributed by atoms with van der Waals surface area (Å²) in [4.78, 5) is 20.4. The number of rotatable bonds is 3. The van der Waals surface area contributed by atoms with E-state index >= 15 is 0 Å². The number of aryl methyl sites for hydroxylation is 2. The summed E-state index contributed by atoms with van der Waals surface area (Å²) in [5.74, 6) is 1.73. The van der Waals surface area contributed by atoms with E-state index in [4.69, 9.17) is 11.5 Å². The van der Waals surface area contributed by atoms with Crippen LogP contribution in [0.3, 0.4) is 0 Å². The molecule has 0 spiro atoms. The van der Waals surface area contributed by atoms with Crippen molar-refractivity contribution in [3.63, 3.8) is 0 Å². The Hall–Kier alpha value is -2.49. The zero-order valence-electron chi connectivity index (χ0n) is 11.5. The highest BCUT2D eigenvalue weighted by Crippen LogP contribution is 2.19. The predicted molar refractivity (Wildman–Crippen MR) is 78.5 cm³/mol.